The zero-order chi connectivity index (χ0) is 17.0. The summed E-state index contributed by atoms with van der Waals surface area (Å²) in [6, 6.07) is 22.9. The molecule has 0 aliphatic heterocycles. The summed E-state index contributed by atoms with van der Waals surface area (Å²) >= 11 is 0. The minimum atomic E-state index is 0.167. The van der Waals surface area contributed by atoms with Gasteiger partial charge in [-0.25, -0.2) is 4.98 Å². The van der Waals surface area contributed by atoms with E-state index >= 15 is 0 Å². The highest BCUT2D eigenvalue weighted by Crippen LogP contribution is 2.27. The molecule has 0 bridgehead atoms. The number of benzene rings is 2. The quantitative estimate of drug-likeness (QED) is 0.622. The highest BCUT2D eigenvalue weighted by Gasteiger charge is 2.13. The van der Waals surface area contributed by atoms with Crippen LogP contribution in [0.1, 0.15) is 31.9 Å². The van der Waals surface area contributed by atoms with E-state index in [4.69, 9.17) is 4.74 Å². The van der Waals surface area contributed by atoms with E-state index in [1.807, 2.05) is 30.3 Å². The number of rotatable bonds is 4. The highest BCUT2D eigenvalue weighted by atomic mass is 16.5. The molecular weight excluding hydrogens is 294 g/mol. The zero-order valence-corrected chi connectivity index (χ0v) is 14.5. The molecule has 0 saturated heterocycles. The van der Waals surface area contributed by atoms with Crippen LogP contribution in [0.5, 0.6) is 5.88 Å². The Balaban J connectivity index is 1.75. The fraction of sp³-hybridized carbons (Fsp3) is 0.227. The lowest BCUT2D eigenvalue weighted by Gasteiger charge is -2.19. The number of hydrogen-bond acceptors (Lipinski definition) is 2. The third-order valence-corrected chi connectivity index (χ3v) is 4.05. The van der Waals surface area contributed by atoms with Crippen molar-refractivity contribution in [2.24, 2.45) is 0 Å². The van der Waals surface area contributed by atoms with Crippen LogP contribution in [0.25, 0.3) is 11.1 Å². The molecule has 2 nitrogen and oxygen atoms in total. The molecule has 0 saturated carbocycles. The molecule has 122 valence electrons. The van der Waals surface area contributed by atoms with Crippen molar-refractivity contribution in [2.75, 3.05) is 0 Å². The molecule has 3 rings (SSSR count). The summed E-state index contributed by atoms with van der Waals surface area (Å²) in [5, 5.41) is 0. The van der Waals surface area contributed by atoms with Gasteiger partial charge in [0.05, 0.1) is 0 Å². The number of pyridine rings is 1. The van der Waals surface area contributed by atoms with E-state index in [1.165, 1.54) is 11.1 Å². The topological polar surface area (TPSA) is 22.1 Å². The fourth-order valence-corrected chi connectivity index (χ4v) is 2.56. The van der Waals surface area contributed by atoms with Gasteiger partial charge in [-0.2, -0.15) is 0 Å². The first-order valence-corrected chi connectivity index (χ1v) is 8.26. The number of hydrogen-bond donors (Lipinski definition) is 0. The van der Waals surface area contributed by atoms with Crippen molar-refractivity contribution < 1.29 is 4.74 Å². The maximum atomic E-state index is 5.82. The van der Waals surface area contributed by atoms with Crippen molar-refractivity contribution in [3.63, 3.8) is 0 Å². The van der Waals surface area contributed by atoms with Crippen molar-refractivity contribution in [3.05, 3.63) is 84.1 Å². The lowest BCUT2D eigenvalue weighted by molar-refractivity contribution is 0.294. The average molecular weight is 317 g/mol. The molecular formula is C22H23NO. The molecule has 24 heavy (non-hydrogen) atoms. The molecule has 0 aliphatic carbocycles. The first-order chi connectivity index (χ1) is 11.5. The Morgan fingerprint density at radius 3 is 2.21 bits per heavy atom. The second kappa shape index (κ2) is 6.88. The average Bonchev–Trinajstić information content (AvgIpc) is 2.60. The molecule has 3 aromatic rings. The van der Waals surface area contributed by atoms with Crippen LogP contribution in [0.15, 0.2) is 72.9 Å². The predicted molar refractivity (Wildman–Crippen MR) is 99.1 cm³/mol. The summed E-state index contributed by atoms with van der Waals surface area (Å²) < 4.78 is 5.82. The molecule has 0 radical (unpaired) electrons. The minimum absolute atomic E-state index is 0.167. The summed E-state index contributed by atoms with van der Waals surface area (Å²) in [7, 11) is 0. The first-order valence-electron chi connectivity index (χ1n) is 8.26. The number of ether oxygens (including phenoxy) is 1. The SMILES string of the molecule is CC(C)(C)c1ccc(-c2ccnc(OCc3ccccc3)c2)cc1. The molecule has 0 fully saturated rings. The van der Waals surface area contributed by atoms with Crippen LogP contribution in [0, 0.1) is 0 Å². The van der Waals surface area contributed by atoms with Gasteiger partial charge >= 0.3 is 0 Å². The Hall–Kier alpha value is -2.61. The maximum Gasteiger partial charge on any atom is 0.214 e. The van der Waals surface area contributed by atoms with Gasteiger partial charge in [-0.3, -0.25) is 0 Å². The van der Waals surface area contributed by atoms with E-state index in [-0.39, 0.29) is 5.41 Å². The molecule has 1 aromatic heterocycles. The summed E-state index contributed by atoms with van der Waals surface area (Å²) in [6.45, 7) is 7.21. The Labute approximate surface area is 144 Å². The van der Waals surface area contributed by atoms with E-state index < -0.39 is 0 Å². The fourth-order valence-electron chi connectivity index (χ4n) is 2.56. The Bertz CT molecular complexity index is 786. The van der Waals surface area contributed by atoms with Gasteiger partial charge in [0.25, 0.3) is 0 Å². The normalized spacial score (nSPS) is 11.3. The smallest absolute Gasteiger partial charge is 0.214 e. The van der Waals surface area contributed by atoms with E-state index in [9.17, 15) is 0 Å². The van der Waals surface area contributed by atoms with Crippen LogP contribution in [0.3, 0.4) is 0 Å². The van der Waals surface area contributed by atoms with Crippen LogP contribution >= 0.6 is 0 Å². The molecule has 0 unspecified atom stereocenters. The van der Waals surface area contributed by atoms with E-state index in [0.717, 1.165) is 11.1 Å². The highest BCUT2D eigenvalue weighted by molar-refractivity contribution is 5.64. The van der Waals surface area contributed by atoms with Gasteiger partial charge in [-0.15, -0.1) is 0 Å². The molecule has 0 atom stereocenters. The summed E-state index contributed by atoms with van der Waals surface area (Å²) in [6.07, 6.45) is 1.80. The molecule has 0 amide bonds. The largest absolute Gasteiger partial charge is 0.473 e. The lowest BCUT2D eigenvalue weighted by atomic mass is 9.86. The van der Waals surface area contributed by atoms with Crippen molar-refractivity contribution in [1.29, 1.82) is 0 Å². The summed E-state index contributed by atoms with van der Waals surface area (Å²) in [4.78, 5) is 4.31. The van der Waals surface area contributed by atoms with E-state index in [0.29, 0.717) is 12.5 Å². The molecule has 2 heteroatoms. The monoisotopic (exact) mass is 317 g/mol. The van der Waals surface area contributed by atoms with Crippen LogP contribution in [0.4, 0.5) is 0 Å². The standard InChI is InChI=1S/C22H23NO/c1-22(2,3)20-11-9-18(10-12-20)19-13-14-23-21(15-19)24-16-17-7-5-4-6-8-17/h4-15H,16H2,1-3H3. The van der Waals surface area contributed by atoms with Gasteiger partial charge < -0.3 is 4.74 Å². The van der Waals surface area contributed by atoms with Crippen molar-refractivity contribution in [1.82, 2.24) is 4.98 Å². The maximum absolute atomic E-state index is 5.82. The van der Waals surface area contributed by atoms with E-state index in [1.54, 1.807) is 6.20 Å². The first kappa shape index (κ1) is 16.3. The molecule has 1 heterocycles. The van der Waals surface area contributed by atoms with Gasteiger partial charge in [0.15, 0.2) is 0 Å². The second-order valence-electron chi connectivity index (χ2n) is 6.98. The van der Waals surface area contributed by atoms with E-state index in [2.05, 4.69) is 62.2 Å². The van der Waals surface area contributed by atoms with Gasteiger partial charge in [0, 0.05) is 12.3 Å². The number of aromatic nitrogens is 1. The Kier molecular flexibility index (Phi) is 4.66. The summed E-state index contributed by atoms with van der Waals surface area (Å²) in [5.41, 5.74) is 4.93. The molecule has 0 aliphatic rings. The van der Waals surface area contributed by atoms with Gasteiger partial charge in [0.2, 0.25) is 5.88 Å². The molecule has 2 aromatic carbocycles. The Morgan fingerprint density at radius 1 is 0.833 bits per heavy atom. The zero-order valence-electron chi connectivity index (χ0n) is 14.5. The third kappa shape index (κ3) is 4.02. The predicted octanol–water partition coefficient (Wildman–Crippen LogP) is 5.63. The van der Waals surface area contributed by atoms with Crippen molar-refractivity contribution >= 4 is 0 Å². The van der Waals surface area contributed by atoms with Crippen molar-refractivity contribution in [3.8, 4) is 17.0 Å². The number of nitrogens with zero attached hydrogens (tertiary/aromatic N) is 1. The van der Waals surface area contributed by atoms with Crippen LogP contribution < -0.4 is 4.74 Å². The molecule has 0 spiro atoms. The van der Waals surface area contributed by atoms with Gasteiger partial charge in [-0.1, -0.05) is 75.4 Å². The van der Waals surface area contributed by atoms with Crippen molar-refractivity contribution in [2.45, 2.75) is 32.8 Å². The third-order valence-electron chi connectivity index (χ3n) is 4.05. The van der Waals surface area contributed by atoms with Crippen LogP contribution in [0.2, 0.25) is 0 Å². The Morgan fingerprint density at radius 2 is 1.54 bits per heavy atom. The van der Waals surface area contributed by atoms with Crippen LogP contribution in [-0.4, -0.2) is 4.98 Å². The summed E-state index contributed by atoms with van der Waals surface area (Å²) in [5.74, 6) is 0.649. The molecule has 0 N–H and O–H groups in total. The lowest BCUT2D eigenvalue weighted by Crippen LogP contribution is -2.10. The van der Waals surface area contributed by atoms with Gasteiger partial charge in [0.1, 0.15) is 6.61 Å². The van der Waals surface area contributed by atoms with Crippen LogP contribution in [-0.2, 0) is 12.0 Å². The minimum Gasteiger partial charge on any atom is -0.473 e. The van der Waals surface area contributed by atoms with Gasteiger partial charge in [-0.05, 0) is 33.7 Å². The second-order valence-corrected chi connectivity index (χ2v) is 6.98.